The lowest BCUT2D eigenvalue weighted by Crippen LogP contribution is -2.17. The standard InChI is InChI=1S/C17H10F3N7O3/c18-17(19,20)30-11-7-5-10(6-8-11)23-15-14(27(28)29)16(22-9-21-15)26-13-4-2-1-3-12(13)24-25-26/h1-9H,(H,21,22,23). The monoisotopic (exact) mass is 417 g/mol. The maximum Gasteiger partial charge on any atom is 0.573 e. The number of para-hydroxylation sites is 1. The molecule has 2 heterocycles. The van der Waals surface area contributed by atoms with Crippen LogP contribution in [0.2, 0.25) is 0 Å². The summed E-state index contributed by atoms with van der Waals surface area (Å²) in [4.78, 5) is 18.9. The second kappa shape index (κ2) is 7.27. The van der Waals surface area contributed by atoms with Crippen molar-refractivity contribution < 1.29 is 22.8 Å². The largest absolute Gasteiger partial charge is 0.573 e. The summed E-state index contributed by atoms with van der Waals surface area (Å²) in [6, 6.07) is 11.5. The van der Waals surface area contributed by atoms with E-state index in [0.29, 0.717) is 11.0 Å². The minimum absolute atomic E-state index is 0.122. The molecular weight excluding hydrogens is 407 g/mol. The molecule has 152 valence electrons. The first-order valence-electron chi connectivity index (χ1n) is 8.25. The number of nitrogens with zero attached hydrogens (tertiary/aromatic N) is 6. The Bertz CT molecular complexity index is 1230. The molecule has 0 radical (unpaired) electrons. The molecule has 0 aliphatic rings. The number of fused-ring (bicyclic) bond motifs is 1. The fourth-order valence-corrected chi connectivity index (χ4v) is 2.69. The summed E-state index contributed by atoms with van der Waals surface area (Å²) in [5, 5.41) is 22.3. The first-order valence-corrected chi connectivity index (χ1v) is 8.25. The molecule has 0 bridgehead atoms. The van der Waals surface area contributed by atoms with Gasteiger partial charge >= 0.3 is 12.0 Å². The number of hydrogen-bond donors (Lipinski definition) is 1. The van der Waals surface area contributed by atoms with Crippen LogP contribution in [-0.2, 0) is 0 Å². The van der Waals surface area contributed by atoms with Crippen LogP contribution in [0.5, 0.6) is 5.75 Å². The second-order valence-electron chi connectivity index (χ2n) is 5.84. The molecule has 0 aliphatic carbocycles. The number of rotatable bonds is 5. The molecule has 2 aromatic heterocycles. The summed E-state index contributed by atoms with van der Waals surface area (Å²) in [7, 11) is 0. The molecule has 10 nitrogen and oxygen atoms in total. The van der Waals surface area contributed by atoms with E-state index in [1.807, 2.05) is 0 Å². The molecule has 0 saturated carbocycles. The van der Waals surface area contributed by atoms with Crippen LogP contribution in [0, 0.1) is 10.1 Å². The van der Waals surface area contributed by atoms with Crippen LogP contribution in [0.3, 0.4) is 0 Å². The Morgan fingerprint density at radius 1 is 1.07 bits per heavy atom. The predicted octanol–water partition coefficient (Wildman–Crippen LogP) is 3.76. The van der Waals surface area contributed by atoms with Crippen molar-refractivity contribution in [3.8, 4) is 11.6 Å². The minimum Gasteiger partial charge on any atom is -0.406 e. The Morgan fingerprint density at radius 3 is 2.50 bits per heavy atom. The molecule has 0 amide bonds. The number of ether oxygens (including phenoxy) is 1. The maximum atomic E-state index is 12.3. The summed E-state index contributed by atoms with van der Waals surface area (Å²) < 4.78 is 41.8. The summed E-state index contributed by atoms with van der Waals surface area (Å²) in [6.45, 7) is 0. The van der Waals surface area contributed by atoms with Crippen molar-refractivity contribution in [3.63, 3.8) is 0 Å². The van der Waals surface area contributed by atoms with Gasteiger partial charge in [-0.1, -0.05) is 17.3 Å². The van der Waals surface area contributed by atoms with Crippen molar-refractivity contribution in [2.45, 2.75) is 6.36 Å². The van der Waals surface area contributed by atoms with Gasteiger partial charge in [0.15, 0.2) is 0 Å². The zero-order valence-corrected chi connectivity index (χ0v) is 14.7. The quantitative estimate of drug-likeness (QED) is 0.385. The lowest BCUT2D eigenvalue weighted by atomic mass is 10.3. The third kappa shape index (κ3) is 3.80. The van der Waals surface area contributed by atoms with Gasteiger partial charge in [-0.2, -0.15) is 4.68 Å². The highest BCUT2D eigenvalue weighted by Gasteiger charge is 2.31. The van der Waals surface area contributed by atoms with Crippen LogP contribution in [0.4, 0.5) is 30.4 Å². The molecule has 0 unspecified atom stereocenters. The van der Waals surface area contributed by atoms with Crippen molar-refractivity contribution in [2.24, 2.45) is 0 Å². The molecule has 0 fully saturated rings. The van der Waals surface area contributed by atoms with E-state index in [1.165, 1.54) is 16.8 Å². The summed E-state index contributed by atoms with van der Waals surface area (Å²) in [5.41, 5.74) is 0.781. The molecule has 13 heteroatoms. The van der Waals surface area contributed by atoms with Crippen LogP contribution in [0.25, 0.3) is 16.9 Å². The fraction of sp³-hybridized carbons (Fsp3) is 0.0588. The SMILES string of the molecule is O=[N+]([O-])c1c(Nc2ccc(OC(F)(F)F)cc2)ncnc1-n1nnc2ccccc21. The van der Waals surface area contributed by atoms with Crippen molar-refractivity contribution in [2.75, 3.05) is 5.32 Å². The molecule has 30 heavy (non-hydrogen) atoms. The Kier molecular flexibility index (Phi) is 4.62. The van der Waals surface area contributed by atoms with Gasteiger partial charge < -0.3 is 10.1 Å². The molecule has 2 aromatic carbocycles. The van der Waals surface area contributed by atoms with Gasteiger partial charge in [0, 0.05) is 5.69 Å². The zero-order valence-electron chi connectivity index (χ0n) is 14.7. The highest BCUT2D eigenvalue weighted by atomic mass is 19.4. The van der Waals surface area contributed by atoms with Crippen LogP contribution in [0.1, 0.15) is 0 Å². The van der Waals surface area contributed by atoms with Gasteiger partial charge in [0.2, 0.25) is 11.6 Å². The van der Waals surface area contributed by atoms with E-state index in [-0.39, 0.29) is 17.3 Å². The number of halogens is 3. The molecule has 0 aliphatic heterocycles. The third-order valence-corrected chi connectivity index (χ3v) is 3.89. The number of nitro groups is 1. The van der Waals surface area contributed by atoms with Crippen LogP contribution in [0.15, 0.2) is 54.9 Å². The van der Waals surface area contributed by atoms with Gasteiger partial charge in [0.25, 0.3) is 0 Å². The molecular formula is C17H10F3N7O3. The molecule has 4 rings (SSSR count). The van der Waals surface area contributed by atoms with E-state index in [0.717, 1.165) is 18.5 Å². The number of nitrogens with one attached hydrogen (secondary N) is 1. The number of aromatic nitrogens is 5. The average molecular weight is 417 g/mol. The molecule has 0 spiro atoms. The highest BCUT2D eigenvalue weighted by molar-refractivity contribution is 5.78. The van der Waals surface area contributed by atoms with Crippen LogP contribution in [-0.4, -0.2) is 36.2 Å². The predicted molar refractivity (Wildman–Crippen MR) is 97.5 cm³/mol. The topological polar surface area (TPSA) is 121 Å². The zero-order chi connectivity index (χ0) is 21.3. The second-order valence-corrected chi connectivity index (χ2v) is 5.84. The average Bonchev–Trinajstić information content (AvgIpc) is 3.12. The van der Waals surface area contributed by atoms with Gasteiger partial charge in [-0.25, -0.2) is 9.97 Å². The summed E-state index contributed by atoms with van der Waals surface area (Å²) in [6.07, 6.45) is -3.72. The normalized spacial score (nSPS) is 11.4. The first kappa shape index (κ1) is 19.0. The number of hydrogen-bond acceptors (Lipinski definition) is 8. The van der Waals surface area contributed by atoms with Crippen molar-refractivity contribution in [1.29, 1.82) is 0 Å². The smallest absolute Gasteiger partial charge is 0.406 e. The van der Waals surface area contributed by atoms with Crippen molar-refractivity contribution in [3.05, 3.63) is 65.0 Å². The Balaban J connectivity index is 1.71. The number of benzene rings is 2. The molecule has 4 aromatic rings. The van der Waals surface area contributed by atoms with E-state index in [2.05, 4.69) is 30.3 Å². The number of alkyl halides is 3. The van der Waals surface area contributed by atoms with Gasteiger partial charge in [-0.15, -0.1) is 18.3 Å². The maximum absolute atomic E-state index is 12.3. The highest BCUT2D eigenvalue weighted by Crippen LogP contribution is 2.32. The van der Waals surface area contributed by atoms with Crippen molar-refractivity contribution >= 4 is 28.2 Å². The molecule has 0 atom stereocenters. The third-order valence-electron chi connectivity index (χ3n) is 3.89. The van der Waals surface area contributed by atoms with E-state index in [9.17, 15) is 23.3 Å². The lowest BCUT2D eigenvalue weighted by molar-refractivity contribution is -0.384. The Labute approximate surface area is 165 Å². The van der Waals surface area contributed by atoms with Crippen LogP contribution >= 0.6 is 0 Å². The Morgan fingerprint density at radius 2 is 1.80 bits per heavy atom. The van der Waals surface area contributed by atoms with Crippen molar-refractivity contribution in [1.82, 2.24) is 25.0 Å². The van der Waals surface area contributed by atoms with Gasteiger partial charge in [-0.3, -0.25) is 10.1 Å². The minimum atomic E-state index is -4.82. The van der Waals surface area contributed by atoms with E-state index in [4.69, 9.17) is 0 Å². The summed E-state index contributed by atoms with van der Waals surface area (Å²) >= 11 is 0. The van der Waals surface area contributed by atoms with E-state index in [1.54, 1.807) is 24.3 Å². The van der Waals surface area contributed by atoms with Gasteiger partial charge in [-0.05, 0) is 36.4 Å². The summed E-state index contributed by atoms with van der Waals surface area (Å²) in [5.74, 6) is -0.725. The van der Waals surface area contributed by atoms with E-state index >= 15 is 0 Å². The Hall–Kier alpha value is -4.29. The molecule has 0 saturated heterocycles. The lowest BCUT2D eigenvalue weighted by Gasteiger charge is -2.11. The van der Waals surface area contributed by atoms with E-state index < -0.39 is 22.7 Å². The number of anilines is 2. The fourth-order valence-electron chi connectivity index (χ4n) is 2.69. The van der Waals surface area contributed by atoms with Crippen LogP contribution < -0.4 is 10.1 Å². The molecule has 1 N–H and O–H groups in total. The first-order chi connectivity index (χ1) is 14.3. The van der Waals surface area contributed by atoms with Gasteiger partial charge in [0.1, 0.15) is 17.6 Å². The van der Waals surface area contributed by atoms with Gasteiger partial charge in [0.05, 0.1) is 10.4 Å².